The van der Waals surface area contributed by atoms with Crippen molar-refractivity contribution in [2.75, 3.05) is 0 Å². The Labute approximate surface area is 110 Å². The van der Waals surface area contributed by atoms with Gasteiger partial charge in [-0.1, -0.05) is 54.6 Å². The van der Waals surface area contributed by atoms with E-state index in [0.29, 0.717) is 5.92 Å². The first-order valence-electron chi connectivity index (χ1n) is 6.40. The molecule has 1 aliphatic rings. The summed E-state index contributed by atoms with van der Waals surface area (Å²) in [5, 5.41) is 0. The SMILES string of the molecule is [CH]C1([CH])CCC(c2ccccc2)c2ccccc21. The molecule has 0 saturated heterocycles. The van der Waals surface area contributed by atoms with Crippen LogP contribution in [0.25, 0.3) is 0 Å². The second kappa shape index (κ2) is 4.28. The fraction of sp³-hybridized carbons (Fsp3) is 0.222. The van der Waals surface area contributed by atoms with Crippen molar-refractivity contribution in [1.29, 1.82) is 0 Å². The molecule has 4 radical (unpaired) electrons. The predicted molar refractivity (Wildman–Crippen MR) is 74.2 cm³/mol. The Morgan fingerprint density at radius 2 is 1.56 bits per heavy atom. The van der Waals surface area contributed by atoms with Crippen molar-refractivity contribution in [3.63, 3.8) is 0 Å². The molecule has 0 aromatic heterocycles. The van der Waals surface area contributed by atoms with Gasteiger partial charge in [0, 0.05) is 11.3 Å². The third-order valence-corrected chi connectivity index (χ3v) is 3.89. The zero-order valence-corrected chi connectivity index (χ0v) is 10.3. The van der Waals surface area contributed by atoms with Crippen molar-refractivity contribution in [2.45, 2.75) is 24.2 Å². The standard InChI is InChI=1S/C18H16/c1-18(2)13-12-15(14-8-4-3-5-9-14)16-10-6-7-11-17(16)18/h1-11,15H,12-13H2. The Kier molecular flexibility index (Phi) is 2.74. The quantitative estimate of drug-likeness (QED) is 0.688. The van der Waals surface area contributed by atoms with Crippen LogP contribution in [-0.2, 0) is 5.41 Å². The maximum absolute atomic E-state index is 6.21. The number of benzene rings is 2. The van der Waals surface area contributed by atoms with Crippen molar-refractivity contribution in [1.82, 2.24) is 0 Å². The second-order valence-electron chi connectivity index (χ2n) is 5.13. The minimum absolute atomic E-state index is 0.419. The van der Waals surface area contributed by atoms with Crippen LogP contribution in [-0.4, -0.2) is 0 Å². The van der Waals surface area contributed by atoms with Gasteiger partial charge in [-0.25, -0.2) is 0 Å². The van der Waals surface area contributed by atoms with Crippen LogP contribution in [0.1, 0.15) is 35.4 Å². The monoisotopic (exact) mass is 232 g/mol. The lowest BCUT2D eigenvalue weighted by Crippen LogP contribution is -2.27. The average molecular weight is 232 g/mol. The smallest absolute Gasteiger partial charge is 0.00926 e. The van der Waals surface area contributed by atoms with E-state index in [2.05, 4.69) is 42.5 Å². The van der Waals surface area contributed by atoms with Crippen LogP contribution >= 0.6 is 0 Å². The molecule has 1 aliphatic carbocycles. The molecular formula is C18H16. The van der Waals surface area contributed by atoms with Crippen molar-refractivity contribution in [3.05, 3.63) is 85.1 Å². The average Bonchev–Trinajstić information content (AvgIpc) is 2.40. The summed E-state index contributed by atoms with van der Waals surface area (Å²) in [5.41, 5.74) is 3.03. The molecule has 0 heterocycles. The highest BCUT2D eigenvalue weighted by molar-refractivity contribution is 5.45. The number of rotatable bonds is 1. The summed E-state index contributed by atoms with van der Waals surface area (Å²) >= 11 is 0. The molecule has 3 rings (SSSR count). The Bertz CT molecular complexity index is 537. The summed E-state index contributed by atoms with van der Waals surface area (Å²) < 4.78 is 0. The van der Waals surface area contributed by atoms with Gasteiger partial charge in [-0.15, -0.1) is 0 Å². The third-order valence-electron chi connectivity index (χ3n) is 3.89. The molecular weight excluding hydrogens is 216 g/mol. The van der Waals surface area contributed by atoms with Gasteiger partial charge in [0.2, 0.25) is 0 Å². The molecule has 2 aromatic carbocycles. The molecule has 0 N–H and O–H groups in total. The van der Waals surface area contributed by atoms with Crippen LogP contribution < -0.4 is 0 Å². The Morgan fingerprint density at radius 3 is 2.33 bits per heavy atom. The van der Waals surface area contributed by atoms with E-state index in [0.717, 1.165) is 18.4 Å². The highest BCUT2D eigenvalue weighted by Gasteiger charge is 2.33. The van der Waals surface area contributed by atoms with Gasteiger partial charge in [-0.2, -0.15) is 0 Å². The zero-order chi connectivity index (χ0) is 12.6. The van der Waals surface area contributed by atoms with E-state index < -0.39 is 5.41 Å². The van der Waals surface area contributed by atoms with Crippen molar-refractivity contribution in [2.24, 2.45) is 0 Å². The van der Waals surface area contributed by atoms with Crippen LogP contribution in [0.3, 0.4) is 0 Å². The molecule has 1 unspecified atom stereocenters. The molecule has 2 aromatic rings. The highest BCUT2D eigenvalue weighted by atomic mass is 14.4. The van der Waals surface area contributed by atoms with E-state index in [1.165, 1.54) is 11.1 Å². The molecule has 1 atom stereocenters. The van der Waals surface area contributed by atoms with Gasteiger partial charge in [0.05, 0.1) is 0 Å². The molecule has 0 amide bonds. The van der Waals surface area contributed by atoms with Crippen molar-refractivity contribution >= 4 is 0 Å². The fourth-order valence-electron chi connectivity index (χ4n) is 2.93. The largest absolute Gasteiger partial charge is 0.0622 e. The van der Waals surface area contributed by atoms with Crippen molar-refractivity contribution < 1.29 is 0 Å². The van der Waals surface area contributed by atoms with Gasteiger partial charge >= 0.3 is 0 Å². The molecule has 18 heavy (non-hydrogen) atoms. The molecule has 0 nitrogen and oxygen atoms in total. The minimum Gasteiger partial charge on any atom is -0.0622 e. The van der Waals surface area contributed by atoms with Gasteiger partial charge in [0.25, 0.3) is 0 Å². The summed E-state index contributed by atoms with van der Waals surface area (Å²) in [6, 6.07) is 18.9. The van der Waals surface area contributed by atoms with E-state index >= 15 is 0 Å². The second-order valence-corrected chi connectivity index (χ2v) is 5.13. The molecule has 0 heteroatoms. The first-order valence-corrected chi connectivity index (χ1v) is 6.40. The van der Waals surface area contributed by atoms with Crippen LogP contribution in [0.2, 0.25) is 0 Å². The number of hydrogen-bond acceptors (Lipinski definition) is 0. The van der Waals surface area contributed by atoms with Crippen LogP contribution in [0, 0.1) is 13.8 Å². The molecule has 88 valence electrons. The Hall–Kier alpha value is -1.56. The van der Waals surface area contributed by atoms with Gasteiger partial charge in [0.15, 0.2) is 0 Å². The maximum atomic E-state index is 6.21. The molecule has 0 fully saturated rings. The van der Waals surface area contributed by atoms with Gasteiger partial charge in [-0.3, -0.25) is 0 Å². The topological polar surface area (TPSA) is 0 Å². The van der Waals surface area contributed by atoms with E-state index in [9.17, 15) is 0 Å². The molecule has 0 spiro atoms. The molecule has 0 aliphatic heterocycles. The Balaban J connectivity index is 2.11. The fourth-order valence-corrected chi connectivity index (χ4v) is 2.93. The summed E-state index contributed by atoms with van der Waals surface area (Å²) in [5.74, 6) is 0.419. The van der Waals surface area contributed by atoms with Gasteiger partial charge < -0.3 is 0 Å². The summed E-state index contributed by atoms with van der Waals surface area (Å²) in [6.45, 7) is 12.4. The van der Waals surface area contributed by atoms with E-state index in [-0.39, 0.29) is 0 Å². The van der Waals surface area contributed by atoms with Crippen LogP contribution in [0.4, 0.5) is 0 Å². The van der Waals surface area contributed by atoms with E-state index in [1.807, 2.05) is 12.1 Å². The first-order chi connectivity index (χ1) is 8.68. The zero-order valence-electron chi connectivity index (χ0n) is 10.3. The van der Waals surface area contributed by atoms with Crippen LogP contribution in [0.15, 0.2) is 54.6 Å². The maximum Gasteiger partial charge on any atom is 0.00926 e. The summed E-state index contributed by atoms with van der Waals surface area (Å²) in [6.07, 6.45) is 1.83. The lowest BCUT2D eigenvalue weighted by molar-refractivity contribution is 0.489. The van der Waals surface area contributed by atoms with E-state index in [1.54, 1.807) is 0 Å². The van der Waals surface area contributed by atoms with Gasteiger partial charge in [0.1, 0.15) is 0 Å². The molecule has 0 bridgehead atoms. The number of fused-ring (bicyclic) bond motifs is 1. The van der Waals surface area contributed by atoms with Gasteiger partial charge in [-0.05, 0) is 43.4 Å². The lowest BCUT2D eigenvalue weighted by atomic mass is 9.67. The predicted octanol–water partition coefficient (Wildman–Crippen LogP) is 4.27. The van der Waals surface area contributed by atoms with Crippen LogP contribution in [0.5, 0.6) is 0 Å². The minimum atomic E-state index is -0.679. The highest BCUT2D eigenvalue weighted by Crippen LogP contribution is 2.44. The first kappa shape index (κ1) is 11.5. The number of hydrogen-bond donors (Lipinski definition) is 0. The van der Waals surface area contributed by atoms with Crippen molar-refractivity contribution in [3.8, 4) is 0 Å². The molecule has 0 saturated carbocycles. The third kappa shape index (κ3) is 1.86. The van der Waals surface area contributed by atoms with E-state index in [4.69, 9.17) is 13.8 Å². The normalized spacial score (nSPS) is 21.3. The lowest BCUT2D eigenvalue weighted by Gasteiger charge is -2.36. The summed E-state index contributed by atoms with van der Waals surface area (Å²) in [7, 11) is 0. The summed E-state index contributed by atoms with van der Waals surface area (Å²) in [4.78, 5) is 0. The Morgan fingerprint density at radius 1 is 0.889 bits per heavy atom.